The Balaban J connectivity index is 0.00000147. The molecule has 3 rings (SSSR count). The van der Waals surface area contributed by atoms with Crippen molar-refractivity contribution in [2.75, 3.05) is 13.1 Å². The molecule has 0 spiro atoms. The third-order valence-electron chi connectivity index (χ3n) is 4.36. The summed E-state index contributed by atoms with van der Waals surface area (Å²) in [5.74, 6) is 0.0447. The quantitative estimate of drug-likeness (QED) is 0.865. The molecule has 1 aromatic carbocycles. The first-order valence-electron chi connectivity index (χ1n) is 6.56. The Morgan fingerprint density at radius 1 is 1.35 bits per heavy atom. The summed E-state index contributed by atoms with van der Waals surface area (Å²) in [7, 11) is 0. The SMILES string of the molecule is Cl.NC1CCC2CN(C(=O)c3ccc(Cl)cc3F)CC12. The van der Waals surface area contributed by atoms with Gasteiger partial charge in [-0.05, 0) is 42.9 Å². The molecule has 1 heterocycles. The van der Waals surface area contributed by atoms with E-state index in [0.717, 1.165) is 12.8 Å². The van der Waals surface area contributed by atoms with Gasteiger partial charge in [0.25, 0.3) is 5.91 Å². The number of hydrogen-bond donors (Lipinski definition) is 1. The lowest BCUT2D eigenvalue weighted by Crippen LogP contribution is -2.33. The van der Waals surface area contributed by atoms with E-state index in [1.165, 1.54) is 12.1 Å². The molecule has 0 radical (unpaired) electrons. The molecule has 1 aliphatic carbocycles. The zero-order valence-electron chi connectivity index (χ0n) is 10.9. The second-order valence-electron chi connectivity index (χ2n) is 5.50. The van der Waals surface area contributed by atoms with E-state index in [4.69, 9.17) is 17.3 Å². The third kappa shape index (κ3) is 2.65. The van der Waals surface area contributed by atoms with Gasteiger partial charge in [0, 0.05) is 24.2 Å². The first-order chi connectivity index (χ1) is 9.06. The maximum atomic E-state index is 13.8. The van der Waals surface area contributed by atoms with Crippen LogP contribution in [-0.4, -0.2) is 29.9 Å². The Bertz CT molecular complexity index is 526. The number of nitrogens with two attached hydrogens (primary N) is 1. The highest BCUT2D eigenvalue weighted by Gasteiger charge is 2.42. The molecule has 1 aliphatic heterocycles. The second kappa shape index (κ2) is 5.88. The molecule has 1 saturated heterocycles. The smallest absolute Gasteiger partial charge is 0.256 e. The van der Waals surface area contributed by atoms with Crippen LogP contribution in [0.5, 0.6) is 0 Å². The van der Waals surface area contributed by atoms with Crippen LogP contribution in [0.1, 0.15) is 23.2 Å². The summed E-state index contributed by atoms with van der Waals surface area (Å²) in [4.78, 5) is 14.0. The number of fused-ring (bicyclic) bond motifs is 1. The van der Waals surface area contributed by atoms with E-state index < -0.39 is 5.82 Å². The van der Waals surface area contributed by atoms with Gasteiger partial charge in [0.1, 0.15) is 5.82 Å². The summed E-state index contributed by atoms with van der Waals surface area (Å²) in [5.41, 5.74) is 6.14. The van der Waals surface area contributed by atoms with Gasteiger partial charge in [0.2, 0.25) is 0 Å². The van der Waals surface area contributed by atoms with Crippen molar-refractivity contribution in [3.05, 3.63) is 34.6 Å². The van der Waals surface area contributed by atoms with Gasteiger partial charge in [0.15, 0.2) is 0 Å². The lowest BCUT2D eigenvalue weighted by Gasteiger charge is -2.19. The third-order valence-corrected chi connectivity index (χ3v) is 4.60. The standard InChI is InChI=1S/C14H16ClFN2O.ClH/c15-9-2-3-10(12(16)5-9)14(19)18-6-8-1-4-13(17)11(8)7-18;/h2-3,5,8,11,13H,1,4,6-7,17H2;1H. The Morgan fingerprint density at radius 2 is 2.10 bits per heavy atom. The molecule has 1 aromatic rings. The molecule has 3 nitrogen and oxygen atoms in total. The summed E-state index contributed by atoms with van der Waals surface area (Å²) in [6, 6.07) is 4.35. The Labute approximate surface area is 128 Å². The van der Waals surface area contributed by atoms with Crippen LogP contribution in [0.4, 0.5) is 4.39 Å². The highest BCUT2D eigenvalue weighted by molar-refractivity contribution is 6.30. The molecule has 2 fully saturated rings. The molecule has 6 heteroatoms. The number of halogens is 3. The van der Waals surface area contributed by atoms with E-state index in [1.807, 2.05) is 0 Å². The fraction of sp³-hybridized carbons (Fsp3) is 0.500. The molecule has 2 aliphatic rings. The summed E-state index contributed by atoms with van der Waals surface area (Å²) < 4.78 is 13.8. The van der Waals surface area contributed by atoms with Crippen LogP contribution in [0.15, 0.2) is 18.2 Å². The fourth-order valence-corrected chi connectivity index (χ4v) is 3.47. The maximum Gasteiger partial charge on any atom is 0.256 e. The minimum atomic E-state index is -0.557. The number of hydrogen-bond acceptors (Lipinski definition) is 2. The first kappa shape index (κ1) is 15.5. The number of amides is 1. The van der Waals surface area contributed by atoms with Crippen LogP contribution >= 0.6 is 24.0 Å². The molecule has 0 bridgehead atoms. The Hall–Kier alpha value is -0.840. The minimum absolute atomic E-state index is 0. The summed E-state index contributed by atoms with van der Waals surface area (Å²) in [6.07, 6.45) is 2.10. The molecule has 1 saturated carbocycles. The van der Waals surface area contributed by atoms with Crippen molar-refractivity contribution in [2.24, 2.45) is 17.6 Å². The van der Waals surface area contributed by atoms with Crippen LogP contribution in [-0.2, 0) is 0 Å². The van der Waals surface area contributed by atoms with Crippen molar-refractivity contribution >= 4 is 29.9 Å². The lowest BCUT2D eigenvalue weighted by molar-refractivity contribution is 0.0775. The average molecular weight is 319 g/mol. The minimum Gasteiger partial charge on any atom is -0.338 e. The predicted octanol–water partition coefficient (Wildman–Crippen LogP) is 2.71. The topological polar surface area (TPSA) is 46.3 Å². The number of carbonyl (C=O) groups is 1. The van der Waals surface area contributed by atoms with Crippen molar-refractivity contribution in [2.45, 2.75) is 18.9 Å². The number of benzene rings is 1. The molecule has 2 N–H and O–H groups in total. The fourth-order valence-electron chi connectivity index (χ4n) is 3.31. The lowest BCUT2D eigenvalue weighted by atomic mass is 9.98. The molecule has 20 heavy (non-hydrogen) atoms. The average Bonchev–Trinajstić information content (AvgIpc) is 2.91. The summed E-state index contributed by atoms with van der Waals surface area (Å²) in [6.45, 7) is 1.34. The van der Waals surface area contributed by atoms with Gasteiger partial charge >= 0.3 is 0 Å². The van der Waals surface area contributed by atoms with Gasteiger partial charge in [-0.3, -0.25) is 4.79 Å². The normalized spacial score (nSPS) is 28.1. The van der Waals surface area contributed by atoms with E-state index in [9.17, 15) is 9.18 Å². The Morgan fingerprint density at radius 3 is 2.75 bits per heavy atom. The number of rotatable bonds is 1. The number of carbonyl (C=O) groups excluding carboxylic acids is 1. The highest BCUT2D eigenvalue weighted by Crippen LogP contribution is 2.37. The maximum absolute atomic E-state index is 13.8. The van der Waals surface area contributed by atoms with Crippen molar-refractivity contribution in [3.8, 4) is 0 Å². The van der Waals surface area contributed by atoms with Gasteiger partial charge in [-0.1, -0.05) is 11.6 Å². The molecule has 3 atom stereocenters. The monoisotopic (exact) mass is 318 g/mol. The van der Waals surface area contributed by atoms with Crippen LogP contribution in [0, 0.1) is 17.7 Å². The molecular weight excluding hydrogens is 302 g/mol. The number of likely N-dealkylation sites (tertiary alicyclic amines) is 1. The first-order valence-corrected chi connectivity index (χ1v) is 6.94. The van der Waals surface area contributed by atoms with Crippen LogP contribution in [0.3, 0.4) is 0 Å². The van der Waals surface area contributed by atoms with Crippen molar-refractivity contribution in [1.29, 1.82) is 0 Å². The van der Waals surface area contributed by atoms with Crippen molar-refractivity contribution < 1.29 is 9.18 Å². The zero-order valence-corrected chi connectivity index (χ0v) is 12.5. The van der Waals surface area contributed by atoms with E-state index in [2.05, 4.69) is 0 Å². The van der Waals surface area contributed by atoms with E-state index in [0.29, 0.717) is 29.9 Å². The predicted molar refractivity (Wildman–Crippen MR) is 78.8 cm³/mol. The van der Waals surface area contributed by atoms with E-state index in [-0.39, 0.29) is 29.9 Å². The summed E-state index contributed by atoms with van der Waals surface area (Å²) in [5, 5.41) is 0.300. The van der Waals surface area contributed by atoms with Crippen LogP contribution in [0.2, 0.25) is 5.02 Å². The molecule has 3 unspecified atom stereocenters. The van der Waals surface area contributed by atoms with Gasteiger partial charge in [-0.15, -0.1) is 12.4 Å². The molecule has 110 valence electrons. The van der Waals surface area contributed by atoms with Gasteiger partial charge in [-0.25, -0.2) is 4.39 Å². The molecule has 0 aromatic heterocycles. The zero-order chi connectivity index (χ0) is 13.6. The highest BCUT2D eigenvalue weighted by atomic mass is 35.5. The Kier molecular flexibility index (Phi) is 4.57. The van der Waals surface area contributed by atoms with Crippen LogP contribution < -0.4 is 5.73 Å². The van der Waals surface area contributed by atoms with E-state index >= 15 is 0 Å². The number of nitrogens with zero attached hydrogens (tertiary/aromatic N) is 1. The molecule has 1 amide bonds. The second-order valence-corrected chi connectivity index (χ2v) is 5.94. The van der Waals surface area contributed by atoms with Crippen molar-refractivity contribution in [3.63, 3.8) is 0 Å². The van der Waals surface area contributed by atoms with Crippen molar-refractivity contribution in [1.82, 2.24) is 4.90 Å². The van der Waals surface area contributed by atoms with Gasteiger partial charge in [-0.2, -0.15) is 0 Å². The molecular formula is C14H17Cl2FN2O. The van der Waals surface area contributed by atoms with Crippen LogP contribution in [0.25, 0.3) is 0 Å². The summed E-state index contributed by atoms with van der Waals surface area (Å²) >= 11 is 5.70. The van der Waals surface area contributed by atoms with E-state index in [1.54, 1.807) is 11.0 Å². The largest absolute Gasteiger partial charge is 0.338 e. The van der Waals surface area contributed by atoms with Gasteiger partial charge in [0.05, 0.1) is 5.56 Å². The van der Waals surface area contributed by atoms with Gasteiger partial charge < -0.3 is 10.6 Å².